The van der Waals surface area contributed by atoms with Crippen molar-refractivity contribution in [2.75, 3.05) is 5.75 Å². The average Bonchev–Trinajstić information content (AvgIpc) is 2.63. The second-order valence-corrected chi connectivity index (χ2v) is 3.97. The Labute approximate surface area is 65.0 Å². The fourth-order valence-corrected chi connectivity index (χ4v) is 2.03. The lowest BCUT2D eigenvalue weighted by Crippen LogP contribution is -2.18. The number of rotatable bonds is 4. The molecule has 0 radical (unpaired) electrons. The van der Waals surface area contributed by atoms with E-state index in [1.807, 2.05) is 6.92 Å². The minimum atomic E-state index is -0.630. The van der Waals surface area contributed by atoms with E-state index >= 15 is 0 Å². The average molecular weight is 160 g/mol. The molecule has 2 nitrogen and oxygen atoms in total. The number of aliphatic carboxylic acids is 1. The molecule has 1 aliphatic rings. The molecule has 1 rings (SSSR count). The Hall–Kier alpha value is -0.180. The second-order valence-electron chi connectivity index (χ2n) is 2.55. The van der Waals surface area contributed by atoms with E-state index in [0.29, 0.717) is 5.92 Å². The molecule has 1 unspecified atom stereocenters. The molecule has 0 saturated heterocycles. The van der Waals surface area contributed by atoms with Crippen LogP contribution >= 0.6 is 11.8 Å². The Morgan fingerprint density at radius 2 is 2.40 bits per heavy atom. The molecular formula is C7H12O2S. The lowest BCUT2D eigenvalue weighted by Gasteiger charge is -2.07. The van der Waals surface area contributed by atoms with Crippen LogP contribution in [0.15, 0.2) is 0 Å². The van der Waals surface area contributed by atoms with Gasteiger partial charge >= 0.3 is 5.97 Å². The molecule has 0 heterocycles. The molecular weight excluding hydrogens is 148 g/mol. The van der Waals surface area contributed by atoms with Gasteiger partial charge in [0, 0.05) is 0 Å². The summed E-state index contributed by atoms with van der Waals surface area (Å²) < 4.78 is 0. The number of hydrogen-bond donors (Lipinski definition) is 1. The van der Waals surface area contributed by atoms with Crippen molar-refractivity contribution in [3.63, 3.8) is 0 Å². The van der Waals surface area contributed by atoms with E-state index in [1.54, 1.807) is 11.8 Å². The molecule has 0 aromatic carbocycles. The minimum Gasteiger partial charge on any atom is -0.480 e. The van der Waals surface area contributed by atoms with Gasteiger partial charge in [-0.3, -0.25) is 4.79 Å². The molecule has 0 bridgehead atoms. The normalized spacial score (nSPS) is 20.5. The lowest BCUT2D eigenvalue weighted by molar-refractivity contribution is -0.136. The summed E-state index contributed by atoms with van der Waals surface area (Å²) in [6, 6.07) is 0. The van der Waals surface area contributed by atoms with Crippen LogP contribution < -0.4 is 0 Å². The first kappa shape index (κ1) is 7.92. The number of carbonyl (C=O) groups is 1. The number of carboxylic acid groups (broad SMARTS) is 1. The second kappa shape index (κ2) is 3.28. The topological polar surface area (TPSA) is 37.3 Å². The molecule has 0 aromatic heterocycles. The van der Waals surface area contributed by atoms with Gasteiger partial charge < -0.3 is 5.11 Å². The van der Waals surface area contributed by atoms with Crippen LogP contribution in [0.5, 0.6) is 0 Å². The molecule has 10 heavy (non-hydrogen) atoms. The molecule has 1 atom stereocenters. The third kappa shape index (κ3) is 1.90. The number of carboxylic acids is 1. The van der Waals surface area contributed by atoms with Crippen LogP contribution in [0, 0.1) is 5.92 Å². The van der Waals surface area contributed by atoms with Gasteiger partial charge in [0.1, 0.15) is 5.25 Å². The smallest absolute Gasteiger partial charge is 0.316 e. The summed E-state index contributed by atoms with van der Waals surface area (Å²) in [4.78, 5) is 10.6. The summed E-state index contributed by atoms with van der Waals surface area (Å²) in [6.07, 6.45) is 2.23. The summed E-state index contributed by atoms with van der Waals surface area (Å²) in [5.74, 6) is 0.754. The zero-order valence-electron chi connectivity index (χ0n) is 6.04. The highest BCUT2D eigenvalue weighted by molar-refractivity contribution is 8.00. The first-order valence-corrected chi connectivity index (χ1v) is 4.65. The van der Waals surface area contributed by atoms with Crippen LogP contribution in [0.3, 0.4) is 0 Å². The molecule has 0 aliphatic heterocycles. The minimum absolute atomic E-state index is 0.120. The van der Waals surface area contributed by atoms with E-state index in [0.717, 1.165) is 18.6 Å². The summed E-state index contributed by atoms with van der Waals surface area (Å²) in [6.45, 7) is 2.00. The van der Waals surface area contributed by atoms with Gasteiger partial charge in [-0.25, -0.2) is 0 Å². The standard InChI is InChI=1S/C7H12O2S/c1-2-10-6(7(8)9)5-3-4-5/h5-6H,2-4H2,1H3,(H,8,9). The predicted octanol–water partition coefficient (Wildman–Crippen LogP) is 1.60. The fourth-order valence-electron chi connectivity index (χ4n) is 0.988. The zero-order chi connectivity index (χ0) is 7.56. The predicted molar refractivity (Wildman–Crippen MR) is 42.3 cm³/mol. The van der Waals surface area contributed by atoms with E-state index in [2.05, 4.69) is 0 Å². The van der Waals surface area contributed by atoms with Gasteiger partial charge in [-0.05, 0) is 24.5 Å². The maximum Gasteiger partial charge on any atom is 0.316 e. The molecule has 0 amide bonds. The highest BCUT2D eigenvalue weighted by Crippen LogP contribution is 2.38. The molecule has 58 valence electrons. The van der Waals surface area contributed by atoms with Crippen LogP contribution in [0.25, 0.3) is 0 Å². The van der Waals surface area contributed by atoms with Crippen molar-refractivity contribution in [3.8, 4) is 0 Å². The summed E-state index contributed by atoms with van der Waals surface area (Å²) >= 11 is 1.56. The SMILES string of the molecule is CCSC(C(=O)O)C1CC1. The summed E-state index contributed by atoms with van der Waals surface area (Å²) in [7, 11) is 0. The van der Waals surface area contributed by atoms with Gasteiger partial charge in [0.05, 0.1) is 0 Å². The largest absolute Gasteiger partial charge is 0.480 e. The Balaban J connectivity index is 2.34. The van der Waals surface area contributed by atoms with Crippen LogP contribution in [0.4, 0.5) is 0 Å². The van der Waals surface area contributed by atoms with Gasteiger partial charge in [-0.2, -0.15) is 0 Å². The summed E-state index contributed by atoms with van der Waals surface area (Å²) in [5.41, 5.74) is 0. The molecule has 0 spiro atoms. The highest BCUT2D eigenvalue weighted by Gasteiger charge is 2.35. The number of thioether (sulfide) groups is 1. The van der Waals surface area contributed by atoms with Gasteiger partial charge in [0.15, 0.2) is 0 Å². The van der Waals surface area contributed by atoms with Crippen molar-refractivity contribution in [1.82, 2.24) is 0 Å². The van der Waals surface area contributed by atoms with Gasteiger partial charge in [-0.1, -0.05) is 6.92 Å². The summed E-state index contributed by atoms with van der Waals surface area (Å²) in [5, 5.41) is 8.57. The van der Waals surface area contributed by atoms with Crippen LogP contribution in [-0.4, -0.2) is 22.1 Å². The Kier molecular flexibility index (Phi) is 2.60. The van der Waals surface area contributed by atoms with E-state index in [-0.39, 0.29) is 5.25 Å². The first-order chi connectivity index (χ1) is 4.75. The van der Waals surface area contributed by atoms with Crippen molar-refractivity contribution in [2.24, 2.45) is 5.92 Å². The monoisotopic (exact) mass is 160 g/mol. The molecule has 3 heteroatoms. The molecule has 1 aliphatic carbocycles. The Morgan fingerprint density at radius 3 is 2.70 bits per heavy atom. The quantitative estimate of drug-likeness (QED) is 0.678. The van der Waals surface area contributed by atoms with Crippen LogP contribution in [-0.2, 0) is 4.79 Å². The van der Waals surface area contributed by atoms with E-state index in [4.69, 9.17) is 5.11 Å². The number of hydrogen-bond acceptors (Lipinski definition) is 2. The zero-order valence-corrected chi connectivity index (χ0v) is 6.86. The van der Waals surface area contributed by atoms with Crippen molar-refractivity contribution in [2.45, 2.75) is 25.0 Å². The van der Waals surface area contributed by atoms with E-state index in [1.165, 1.54) is 0 Å². The maximum atomic E-state index is 10.6. The van der Waals surface area contributed by atoms with Crippen LogP contribution in [0.1, 0.15) is 19.8 Å². The molecule has 1 fully saturated rings. The Bertz CT molecular complexity index is 132. The maximum absolute atomic E-state index is 10.6. The Morgan fingerprint density at radius 1 is 1.80 bits per heavy atom. The van der Waals surface area contributed by atoms with E-state index < -0.39 is 5.97 Å². The third-order valence-electron chi connectivity index (χ3n) is 1.64. The van der Waals surface area contributed by atoms with Gasteiger partial charge in [-0.15, -0.1) is 11.8 Å². The van der Waals surface area contributed by atoms with Crippen molar-refractivity contribution in [3.05, 3.63) is 0 Å². The lowest BCUT2D eigenvalue weighted by atomic mass is 10.3. The van der Waals surface area contributed by atoms with Gasteiger partial charge in [0.2, 0.25) is 0 Å². The van der Waals surface area contributed by atoms with Crippen molar-refractivity contribution in [1.29, 1.82) is 0 Å². The van der Waals surface area contributed by atoms with Gasteiger partial charge in [0.25, 0.3) is 0 Å². The molecule has 1 N–H and O–H groups in total. The van der Waals surface area contributed by atoms with Crippen LogP contribution in [0.2, 0.25) is 0 Å². The molecule has 0 aromatic rings. The van der Waals surface area contributed by atoms with Crippen molar-refractivity contribution >= 4 is 17.7 Å². The highest BCUT2D eigenvalue weighted by atomic mass is 32.2. The third-order valence-corrected chi connectivity index (χ3v) is 2.92. The van der Waals surface area contributed by atoms with Crippen molar-refractivity contribution < 1.29 is 9.90 Å². The van der Waals surface area contributed by atoms with E-state index in [9.17, 15) is 4.79 Å². The fraction of sp³-hybridized carbons (Fsp3) is 0.857. The first-order valence-electron chi connectivity index (χ1n) is 3.60. The molecule has 1 saturated carbocycles.